The van der Waals surface area contributed by atoms with E-state index in [4.69, 9.17) is 11.6 Å². The van der Waals surface area contributed by atoms with Crippen molar-refractivity contribution in [1.29, 1.82) is 0 Å². The summed E-state index contributed by atoms with van der Waals surface area (Å²) in [7, 11) is -3.95. The average molecular weight is 475 g/mol. The first-order valence-electron chi connectivity index (χ1n) is 9.37. The molecule has 2 aromatic carbocycles. The fourth-order valence-electron chi connectivity index (χ4n) is 3.39. The number of fused-ring (bicyclic) bond motifs is 1. The van der Waals surface area contributed by atoms with Gasteiger partial charge in [0.25, 0.3) is 5.91 Å². The highest BCUT2D eigenvalue weighted by Crippen LogP contribution is 2.36. The normalized spacial score (nSPS) is 15.4. The van der Waals surface area contributed by atoms with Crippen molar-refractivity contribution in [2.45, 2.75) is 13.5 Å². The quantitative estimate of drug-likeness (QED) is 0.559. The van der Waals surface area contributed by atoms with Crippen molar-refractivity contribution in [3.8, 4) is 0 Å². The fraction of sp³-hybridized carbons (Fsp3) is 0.136. The molecule has 4 rings (SSSR count). The number of benzene rings is 2. The zero-order valence-corrected chi connectivity index (χ0v) is 18.9. The number of nitrogens with zero attached hydrogens (tertiary/aromatic N) is 1. The van der Waals surface area contributed by atoms with Gasteiger partial charge in [0.05, 0.1) is 22.8 Å². The molecule has 2 N–H and O–H groups in total. The minimum absolute atomic E-state index is 0.0445. The summed E-state index contributed by atoms with van der Waals surface area (Å²) in [6, 6.07) is 15.3. The summed E-state index contributed by atoms with van der Waals surface area (Å²) in [6.07, 6.45) is 0. The van der Waals surface area contributed by atoms with Gasteiger partial charge in [-0.15, -0.1) is 11.3 Å². The van der Waals surface area contributed by atoms with Gasteiger partial charge in [0.2, 0.25) is 10.0 Å². The van der Waals surface area contributed by atoms with Crippen LogP contribution in [-0.2, 0) is 21.4 Å². The van der Waals surface area contributed by atoms with Gasteiger partial charge < -0.3 is 10.4 Å². The van der Waals surface area contributed by atoms with Gasteiger partial charge >= 0.3 is 0 Å². The predicted molar refractivity (Wildman–Crippen MR) is 125 cm³/mol. The third-order valence-electron chi connectivity index (χ3n) is 4.82. The molecule has 6 nitrogen and oxygen atoms in total. The van der Waals surface area contributed by atoms with E-state index in [1.54, 1.807) is 48.5 Å². The molecule has 0 atom stereocenters. The summed E-state index contributed by atoms with van der Waals surface area (Å²) in [5.41, 5.74) is 2.35. The molecule has 0 fully saturated rings. The smallest absolute Gasteiger partial charge is 0.260 e. The lowest BCUT2D eigenvalue weighted by Gasteiger charge is -2.24. The molecule has 2 heterocycles. The second-order valence-electron chi connectivity index (χ2n) is 7.17. The van der Waals surface area contributed by atoms with Crippen molar-refractivity contribution < 1.29 is 18.3 Å². The van der Waals surface area contributed by atoms with Crippen molar-refractivity contribution in [2.24, 2.45) is 0 Å². The Bertz CT molecular complexity index is 1280. The molecule has 31 heavy (non-hydrogen) atoms. The van der Waals surface area contributed by atoms with Gasteiger partial charge in [-0.05, 0) is 47.7 Å². The van der Waals surface area contributed by atoms with Crippen LogP contribution in [0.2, 0.25) is 5.02 Å². The van der Waals surface area contributed by atoms with Crippen molar-refractivity contribution in [3.63, 3.8) is 0 Å². The monoisotopic (exact) mass is 474 g/mol. The van der Waals surface area contributed by atoms with Crippen molar-refractivity contribution >= 4 is 55.1 Å². The minimum atomic E-state index is -3.95. The highest BCUT2D eigenvalue weighted by atomic mass is 35.5. The van der Waals surface area contributed by atoms with Crippen LogP contribution in [0.5, 0.6) is 0 Å². The number of amides is 1. The molecule has 0 saturated heterocycles. The number of rotatable bonds is 4. The third kappa shape index (κ3) is 4.46. The van der Waals surface area contributed by atoms with E-state index in [2.05, 4.69) is 5.32 Å². The van der Waals surface area contributed by atoms with Gasteiger partial charge in [0, 0.05) is 10.6 Å². The molecule has 1 aliphatic rings. The van der Waals surface area contributed by atoms with Crippen LogP contribution >= 0.6 is 22.9 Å². The number of thiophene rings is 1. The van der Waals surface area contributed by atoms with Crippen LogP contribution < -0.4 is 9.62 Å². The number of sulfonamides is 1. The number of hydrogen-bond donors (Lipinski definition) is 2. The summed E-state index contributed by atoms with van der Waals surface area (Å²) in [6.45, 7) is 1.95. The molecule has 0 spiro atoms. The molecule has 160 valence electrons. The van der Waals surface area contributed by atoms with Crippen molar-refractivity contribution in [2.75, 3.05) is 15.4 Å². The SMILES string of the molecule is Cc1csc(NC(=O)C2=C(O)CS(=O)(=O)N(Cc3ccc(Cl)cc3)c3ccccc32)c1. The van der Waals surface area contributed by atoms with E-state index in [-0.39, 0.29) is 12.1 Å². The van der Waals surface area contributed by atoms with Gasteiger partial charge in [0.15, 0.2) is 0 Å². The van der Waals surface area contributed by atoms with Crippen molar-refractivity contribution in [3.05, 3.63) is 87.4 Å². The zero-order chi connectivity index (χ0) is 22.2. The van der Waals surface area contributed by atoms with E-state index in [1.807, 2.05) is 18.4 Å². The molecule has 0 unspecified atom stereocenters. The third-order valence-corrected chi connectivity index (χ3v) is 7.67. The predicted octanol–water partition coefficient (Wildman–Crippen LogP) is 4.97. The first kappa shape index (κ1) is 21.4. The molecule has 1 aromatic heterocycles. The second kappa shape index (κ2) is 8.37. The molecular weight excluding hydrogens is 456 g/mol. The highest BCUT2D eigenvalue weighted by Gasteiger charge is 2.34. The van der Waals surface area contributed by atoms with Crippen LogP contribution in [0.25, 0.3) is 5.57 Å². The van der Waals surface area contributed by atoms with E-state index in [1.165, 1.54) is 15.6 Å². The maximum Gasteiger partial charge on any atom is 0.260 e. The molecule has 0 saturated carbocycles. The number of hydrogen-bond acceptors (Lipinski definition) is 5. The maximum atomic E-state index is 13.2. The maximum absolute atomic E-state index is 13.2. The van der Waals surface area contributed by atoms with Crippen LogP contribution in [0.1, 0.15) is 16.7 Å². The average Bonchev–Trinajstić information content (AvgIpc) is 3.08. The number of halogens is 1. The largest absolute Gasteiger partial charge is 0.510 e. The Hall–Kier alpha value is -2.81. The van der Waals surface area contributed by atoms with Crippen molar-refractivity contribution in [1.82, 2.24) is 0 Å². The Morgan fingerprint density at radius 3 is 2.58 bits per heavy atom. The minimum Gasteiger partial charge on any atom is -0.510 e. The van der Waals surface area contributed by atoms with Gasteiger partial charge in [0.1, 0.15) is 11.5 Å². The van der Waals surface area contributed by atoms with E-state index in [0.717, 1.165) is 11.1 Å². The topological polar surface area (TPSA) is 86.7 Å². The summed E-state index contributed by atoms with van der Waals surface area (Å²) >= 11 is 7.30. The Morgan fingerprint density at radius 1 is 1.19 bits per heavy atom. The molecule has 0 aliphatic carbocycles. The van der Waals surface area contributed by atoms with Crippen LogP contribution in [0, 0.1) is 6.92 Å². The number of nitrogens with one attached hydrogen (secondary N) is 1. The highest BCUT2D eigenvalue weighted by molar-refractivity contribution is 7.93. The van der Waals surface area contributed by atoms with E-state index in [0.29, 0.717) is 21.3 Å². The lowest BCUT2D eigenvalue weighted by atomic mass is 10.0. The van der Waals surface area contributed by atoms with Gasteiger partial charge in [-0.1, -0.05) is 41.9 Å². The van der Waals surface area contributed by atoms with E-state index < -0.39 is 27.4 Å². The standard InChI is InChI=1S/C22H19ClN2O4S2/c1-14-10-20(30-12-14)24-22(27)21-17-4-2-3-5-18(17)25(31(28,29)13-19(21)26)11-15-6-8-16(23)9-7-15/h2-10,12,26H,11,13H2,1H3,(H,24,27). The Kier molecular flexibility index (Phi) is 5.79. The lowest BCUT2D eigenvalue weighted by Crippen LogP contribution is -2.32. The summed E-state index contributed by atoms with van der Waals surface area (Å²) in [5, 5.41) is 16.5. The summed E-state index contributed by atoms with van der Waals surface area (Å²) in [4.78, 5) is 13.1. The molecule has 1 aliphatic heterocycles. The number of aliphatic hydroxyl groups is 1. The van der Waals surface area contributed by atoms with Gasteiger partial charge in [-0.2, -0.15) is 0 Å². The lowest BCUT2D eigenvalue weighted by molar-refractivity contribution is -0.111. The number of anilines is 2. The number of aliphatic hydroxyl groups excluding tert-OH is 1. The van der Waals surface area contributed by atoms with E-state index >= 15 is 0 Å². The molecule has 1 amide bonds. The van der Waals surface area contributed by atoms with Crippen LogP contribution in [-0.4, -0.2) is 25.2 Å². The molecule has 0 radical (unpaired) electrons. The first-order valence-corrected chi connectivity index (χ1v) is 12.2. The Balaban J connectivity index is 1.78. The molecule has 9 heteroatoms. The molecular formula is C22H19ClN2O4S2. The number of aryl methyl sites for hydroxylation is 1. The summed E-state index contributed by atoms with van der Waals surface area (Å²) < 4.78 is 27.5. The number of para-hydroxylation sites is 1. The van der Waals surface area contributed by atoms with Gasteiger partial charge in [-0.25, -0.2) is 8.42 Å². The molecule has 3 aromatic rings. The Morgan fingerprint density at radius 2 is 1.90 bits per heavy atom. The number of carbonyl (C=O) groups excluding carboxylic acids is 1. The van der Waals surface area contributed by atoms with Gasteiger partial charge in [-0.3, -0.25) is 9.10 Å². The fourth-order valence-corrected chi connectivity index (χ4v) is 5.76. The van der Waals surface area contributed by atoms with E-state index in [9.17, 15) is 18.3 Å². The van der Waals surface area contributed by atoms with Crippen LogP contribution in [0.4, 0.5) is 10.7 Å². The molecule has 0 bridgehead atoms. The zero-order valence-electron chi connectivity index (χ0n) is 16.5. The second-order valence-corrected chi connectivity index (χ2v) is 10.4. The van der Waals surface area contributed by atoms with Crippen LogP contribution in [0.15, 0.2) is 65.7 Å². The first-order chi connectivity index (χ1) is 14.7. The summed E-state index contributed by atoms with van der Waals surface area (Å²) in [5.74, 6) is -1.73. The Labute approximate surface area is 189 Å². The number of carbonyl (C=O) groups is 1. The van der Waals surface area contributed by atoms with Crippen LogP contribution in [0.3, 0.4) is 0 Å².